The average Bonchev–Trinajstić information content (AvgIpc) is 2.94. The van der Waals surface area contributed by atoms with Crippen LogP contribution in [0.2, 0.25) is 0 Å². The molecule has 0 saturated heterocycles. The molecule has 1 N–H and O–H groups in total. The zero-order valence-electron chi connectivity index (χ0n) is 9.10. The minimum Gasteiger partial charge on any atom is -0.442 e. The normalized spacial score (nSPS) is 10.8. The third-order valence-electron chi connectivity index (χ3n) is 2.16. The van der Waals surface area contributed by atoms with Gasteiger partial charge >= 0.3 is 0 Å². The van der Waals surface area contributed by atoms with Crippen LogP contribution in [0.5, 0.6) is 0 Å². The van der Waals surface area contributed by atoms with Crippen LogP contribution in [0.15, 0.2) is 28.3 Å². The molecule has 16 heavy (non-hydrogen) atoms. The van der Waals surface area contributed by atoms with Crippen LogP contribution >= 0.6 is 11.3 Å². The Labute approximate surface area is 98.3 Å². The van der Waals surface area contributed by atoms with Crippen LogP contribution in [0.1, 0.15) is 5.69 Å². The molecule has 2 aromatic rings. The summed E-state index contributed by atoms with van der Waals surface area (Å²) < 4.78 is 10.4. The van der Waals surface area contributed by atoms with Crippen molar-refractivity contribution < 1.29 is 9.15 Å². The van der Waals surface area contributed by atoms with Gasteiger partial charge in [0.1, 0.15) is 5.69 Å². The molecule has 2 heterocycles. The first-order valence-electron chi connectivity index (χ1n) is 5.07. The Morgan fingerprint density at radius 2 is 2.50 bits per heavy atom. The van der Waals surface area contributed by atoms with Gasteiger partial charge in [-0.05, 0) is 11.4 Å². The molecule has 0 unspecified atom stereocenters. The largest absolute Gasteiger partial charge is 0.442 e. The van der Waals surface area contributed by atoms with Gasteiger partial charge in [-0.3, -0.25) is 0 Å². The topological polar surface area (TPSA) is 47.3 Å². The molecule has 0 aliphatic rings. The molecule has 2 aromatic heterocycles. The fourth-order valence-electron chi connectivity index (χ4n) is 1.38. The van der Waals surface area contributed by atoms with Crippen molar-refractivity contribution in [2.45, 2.75) is 6.54 Å². The van der Waals surface area contributed by atoms with E-state index in [-0.39, 0.29) is 0 Å². The molecule has 0 radical (unpaired) electrons. The van der Waals surface area contributed by atoms with Crippen LogP contribution in [0.3, 0.4) is 0 Å². The van der Waals surface area contributed by atoms with Gasteiger partial charge in [-0.2, -0.15) is 0 Å². The zero-order chi connectivity index (χ0) is 11.2. The molecule has 0 amide bonds. The van der Waals surface area contributed by atoms with Gasteiger partial charge in [-0.1, -0.05) is 6.07 Å². The molecule has 4 nitrogen and oxygen atoms in total. The predicted molar refractivity (Wildman–Crippen MR) is 63.4 cm³/mol. The quantitative estimate of drug-likeness (QED) is 0.783. The van der Waals surface area contributed by atoms with E-state index in [9.17, 15) is 0 Å². The SMILES string of the molecule is COCCNCc1ncoc1-c1cccs1. The van der Waals surface area contributed by atoms with E-state index >= 15 is 0 Å². The fourth-order valence-corrected chi connectivity index (χ4v) is 2.12. The van der Waals surface area contributed by atoms with Gasteiger partial charge < -0.3 is 14.5 Å². The zero-order valence-corrected chi connectivity index (χ0v) is 9.92. The van der Waals surface area contributed by atoms with E-state index in [1.165, 1.54) is 6.39 Å². The molecule has 0 aromatic carbocycles. The summed E-state index contributed by atoms with van der Waals surface area (Å²) in [6, 6.07) is 4.04. The highest BCUT2D eigenvalue weighted by Gasteiger charge is 2.10. The van der Waals surface area contributed by atoms with Crippen molar-refractivity contribution in [2.24, 2.45) is 0 Å². The van der Waals surface area contributed by atoms with Crippen LogP contribution in [0, 0.1) is 0 Å². The van der Waals surface area contributed by atoms with Gasteiger partial charge in [-0.15, -0.1) is 11.3 Å². The minimum atomic E-state index is 0.701. The van der Waals surface area contributed by atoms with Gasteiger partial charge in [0.05, 0.1) is 11.5 Å². The molecule has 0 fully saturated rings. The molecular weight excluding hydrogens is 224 g/mol. The summed E-state index contributed by atoms with van der Waals surface area (Å²) in [6.07, 6.45) is 1.49. The van der Waals surface area contributed by atoms with Crippen molar-refractivity contribution in [1.82, 2.24) is 10.3 Å². The third-order valence-corrected chi connectivity index (χ3v) is 3.03. The summed E-state index contributed by atoms with van der Waals surface area (Å²) in [4.78, 5) is 5.32. The number of aromatic nitrogens is 1. The molecule has 2 rings (SSSR count). The van der Waals surface area contributed by atoms with E-state index in [0.717, 1.165) is 22.9 Å². The molecule has 0 spiro atoms. The Kier molecular flexibility index (Phi) is 4.10. The van der Waals surface area contributed by atoms with Crippen LogP contribution in [0.25, 0.3) is 10.6 Å². The minimum absolute atomic E-state index is 0.701. The van der Waals surface area contributed by atoms with Crippen LogP contribution in [-0.2, 0) is 11.3 Å². The summed E-state index contributed by atoms with van der Waals surface area (Å²) in [7, 11) is 1.69. The Hall–Kier alpha value is -1.17. The molecule has 0 bridgehead atoms. The average molecular weight is 238 g/mol. The maximum atomic E-state index is 5.39. The van der Waals surface area contributed by atoms with Gasteiger partial charge in [0, 0.05) is 20.2 Å². The Morgan fingerprint density at radius 3 is 3.25 bits per heavy atom. The van der Waals surface area contributed by atoms with Crippen molar-refractivity contribution in [2.75, 3.05) is 20.3 Å². The number of hydrogen-bond acceptors (Lipinski definition) is 5. The highest BCUT2D eigenvalue weighted by molar-refractivity contribution is 7.13. The Balaban J connectivity index is 1.97. The van der Waals surface area contributed by atoms with Gasteiger partial charge in [0.2, 0.25) is 0 Å². The summed E-state index contributed by atoms with van der Waals surface area (Å²) in [5.41, 5.74) is 0.943. The number of oxazole rings is 1. The first-order chi connectivity index (χ1) is 7.92. The smallest absolute Gasteiger partial charge is 0.181 e. The maximum absolute atomic E-state index is 5.39. The second kappa shape index (κ2) is 5.79. The van der Waals surface area contributed by atoms with E-state index < -0.39 is 0 Å². The Bertz CT molecular complexity index is 411. The van der Waals surface area contributed by atoms with E-state index in [2.05, 4.69) is 10.3 Å². The lowest BCUT2D eigenvalue weighted by Gasteiger charge is -2.02. The summed E-state index contributed by atoms with van der Waals surface area (Å²) in [5, 5.41) is 5.28. The number of rotatable bonds is 6. The third kappa shape index (κ3) is 2.69. The summed E-state index contributed by atoms with van der Waals surface area (Å²) in [6.45, 7) is 2.21. The number of nitrogens with zero attached hydrogens (tertiary/aromatic N) is 1. The highest BCUT2D eigenvalue weighted by Crippen LogP contribution is 2.27. The van der Waals surface area contributed by atoms with Gasteiger partial charge in [-0.25, -0.2) is 4.98 Å². The standard InChI is InChI=1S/C11H14N2O2S/c1-14-5-4-12-7-9-11(15-8-13-9)10-3-2-6-16-10/h2-3,6,8,12H,4-5,7H2,1H3. The first kappa shape index (κ1) is 11.3. The molecule has 5 heteroatoms. The number of ether oxygens (including phenoxy) is 1. The fraction of sp³-hybridized carbons (Fsp3) is 0.364. The van der Waals surface area contributed by atoms with Gasteiger partial charge in [0.15, 0.2) is 12.2 Å². The summed E-state index contributed by atoms with van der Waals surface area (Å²) >= 11 is 1.65. The van der Waals surface area contributed by atoms with E-state index in [1.807, 2.05) is 17.5 Å². The number of nitrogens with one attached hydrogen (secondary N) is 1. The lowest BCUT2D eigenvalue weighted by atomic mass is 10.3. The van der Waals surface area contributed by atoms with E-state index in [4.69, 9.17) is 9.15 Å². The lowest BCUT2D eigenvalue weighted by molar-refractivity contribution is 0.199. The van der Waals surface area contributed by atoms with E-state index in [0.29, 0.717) is 13.2 Å². The molecule has 0 aliphatic heterocycles. The Morgan fingerprint density at radius 1 is 1.56 bits per heavy atom. The lowest BCUT2D eigenvalue weighted by Crippen LogP contribution is -2.19. The number of methoxy groups -OCH3 is 1. The monoisotopic (exact) mass is 238 g/mol. The highest BCUT2D eigenvalue weighted by atomic mass is 32.1. The van der Waals surface area contributed by atoms with Crippen LogP contribution in [-0.4, -0.2) is 25.2 Å². The van der Waals surface area contributed by atoms with Crippen LogP contribution < -0.4 is 5.32 Å². The van der Waals surface area contributed by atoms with Crippen molar-refractivity contribution in [3.05, 3.63) is 29.6 Å². The van der Waals surface area contributed by atoms with Crippen LogP contribution in [0.4, 0.5) is 0 Å². The second-order valence-electron chi connectivity index (χ2n) is 3.28. The predicted octanol–water partition coefficient (Wildman–Crippen LogP) is 2.14. The number of thiophene rings is 1. The molecule has 0 atom stereocenters. The second-order valence-corrected chi connectivity index (χ2v) is 4.22. The maximum Gasteiger partial charge on any atom is 0.181 e. The van der Waals surface area contributed by atoms with Crippen molar-refractivity contribution >= 4 is 11.3 Å². The summed E-state index contributed by atoms with van der Waals surface area (Å²) in [5.74, 6) is 0.861. The molecule has 86 valence electrons. The first-order valence-corrected chi connectivity index (χ1v) is 5.95. The number of hydrogen-bond donors (Lipinski definition) is 1. The molecule has 0 saturated carbocycles. The van der Waals surface area contributed by atoms with Crippen molar-refractivity contribution in [1.29, 1.82) is 0 Å². The van der Waals surface area contributed by atoms with E-state index in [1.54, 1.807) is 18.4 Å². The van der Waals surface area contributed by atoms with Gasteiger partial charge in [0.25, 0.3) is 0 Å². The molecular formula is C11H14N2O2S. The molecule has 0 aliphatic carbocycles. The van der Waals surface area contributed by atoms with Crippen molar-refractivity contribution in [3.63, 3.8) is 0 Å². The van der Waals surface area contributed by atoms with Crippen molar-refractivity contribution in [3.8, 4) is 10.6 Å².